The second kappa shape index (κ2) is 8.84. The van der Waals surface area contributed by atoms with Crippen molar-refractivity contribution >= 4 is 22.1 Å². The predicted octanol–water partition coefficient (Wildman–Crippen LogP) is 3.40. The summed E-state index contributed by atoms with van der Waals surface area (Å²) in [6.07, 6.45) is -6.63. The molecule has 0 N–H and O–H groups in total. The molecule has 1 aliphatic rings. The van der Waals surface area contributed by atoms with Gasteiger partial charge < -0.3 is 14.0 Å². The topological polar surface area (TPSA) is 110 Å². The van der Waals surface area contributed by atoms with Crippen molar-refractivity contribution < 1.29 is 54.0 Å². The molecule has 1 aromatic carbocycles. The van der Waals surface area contributed by atoms with Crippen LogP contribution in [0.5, 0.6) is 0 Å². The molecule has 0 aromatic heterocycles. The molecule has 30 heavy (non-hydrogen) atoms. The average Bonchev–Trinajstić information content (AvgIpc) is 2.65. The van der Waals surface area contributed by atoms with E-state index in [0.717, 1.165) is 43.5 Å². The van der Waals surface area contributed by atoms with E-state index in [-0.39, 0.29) is 11.7 Å². The zero-order valence-corrected chi connectivity index (χ0v) is 16.0. The number of rotatable bonds is 6. The molecule has 1 atom stereocenters. The molecule has 0 saturated heterocycles. The minimum atomic E-state index is -6.79. The number of carbonyl (C=O) groups excluding carboxylic acids is 2. The molecule has 0 radical (unpaired) electrons. The van der Waals surface area contributed by atoms with Gasteiger partial charge in [0.2, 0.25) is 0 Å². The van der Waals surface area contributed by atoms with Crippen LogP contribution in [0.25, 0.3) is 0 Å². The number of hydrogen-bond donors (Lipinski definition) is 0. The maximum absolute atomic E-state index is 13.4. The highest BCUT2D eigenvalue weighted by molar-refractivity contribution is 7.86. The SMILES string of the molecule is O=C(OC1CCCCC1)c1ccc(C(=O)OC(C(F)(F)F)C(F)(F)S(=O)(=O)[O-])cc1. The van der Waals surface area contributed by atoms with Crippen molar-refractivity contribution in [1.82, 2.24) is 0 Å². The fourth-order valence-corrected chi connectivity index (χ4v) is 3.22. The van der Waals surface area contributed by atoms with Gasteiger partial charge in [-0.2, -0.15) is 22.0 Å². The fraction of sp³-hybridized carbons (Fsp3) is 0.529. The van der Waals surface area contributed by atoms with E-state index in [1.165, 1.54) is 0 Å². The number of esters is 2. The Balaban J connectivity index is 2.13. The summed E-state index contributed by atoms with van der Waals surface area (Å²) in [5, 5.41) is -5.94. The Morgan fingerprint density at radius 2 is 1.40 bits per heavy atom. The minimum Gasteiger partial charge on any atom is -0.743 e. The first-order chi connectivity index (χ1) is 13.7. The molecule has 2 rings (SSSR count). The summed E-state index contributed by atoms with van der Waals surface area (Å²) in [5.74, 6) is -2.70. The van der Waals surface area contributed by atoms with E-state index >= 15 is 0 Å². The van der Waals surface area contributed by atoms with Crippen LogP contribution in [0.4, 0.5) is 22.0 Å². The Bertz CT molecular complexity index is 875. The maximum Gasteiger partial charge on any atom is 0.432 e. The summed E-state index contributed by atoms with van der Waals surface area (Å²) in [7, 11) is -6.79. The van der Waals surface area contributed by atoms with Gasteiger partial charge in [0.1, 0.15) is 6.10 Å². The van der Waals surface area contributed by atoms with E-state index in [1.807, 2.05) is 0 Å². The second-order valence-corrected chi connectivity index (χ2v) is 8.04. The van der Waals surface area contributed by atoms with E-state index in [1.54, 1.807) is 0 Å². The quantitative estimate of drug-likeness (QED) is 0.364. The number of carbonyl (C=O) groups is 2. The van der Waals surface area contributed by atoms with Gasteiger partial charge in [-0.1, -0.05) is 6.42 Å². The number of hydrogen-bond acceptors (Lipinski definition) is 7. The minimum absolute atomic E-state index is 0.0445. The summed E-state index contributed by atoms with van der Waals surface area (Å²) in [6, 6.07) is 3.65. The Kier molecular flexibility index (Phi) is 7.07. The van der Waals surface area contributed by atoms with Gasteiger partial charge in [0, 0.05) is 0 Å². The zero-order chi connectivity index (χ0) is 22.7. The van der Waals surface area contributed by atoms with Crippen LogP contribution in [0.1, 0.15) is 52.8 Å². The highest BCUT2D eigenvalue weighted by atomic mass is 32.2. The largest absolute Gasteiger partial charge is 0.743 e. The highest BCUT2D eigenvalue weighted by Crippen LogP contribution is 2.38. The Hall–Kier alpha value is -2.28. The van der Waals surface area contributed by atoms with Gasteiger partial charge in [-0.05, 0) is 49.9 Å². The molecule has 13 heteroatoms. The molecule has 1 saturated carbocycles. The van der Waals surface area contributed by atoms with E-state index in [4.69, 9.17) is 4.74 Å². The van der Waals surface area contributed by atoms with Gasteiger partial charge >= 0.3 is 23.4 Å². The fourth-order valence-electron chi connectivity index (χ4n) is 2.78. The molecule has 0 heterocycles. The normalized spacial score (nSPS) is 17.3. The lowest BCUT2D eigenvalue weighted by molar-refractivity contribution is -0.248. The van der Waals surface area contributed by atoms with E-state index in [0.29, 0.717) is 12.8 Å². The van der Waals surface area contributed by atoms with Crippen molar-refractivity contribution in [1.29, 1.82) is 0 Å². The molecule has 1 aliphatic carbocycles. The third-order valence-corrected chi connectivity index (χ3v) is 5.22. The first-order valence-electron chi connectivity index (χ1n) is 8.65. The molecule has 0 bridgehead atoms. The van der Waals surface area contributed by atoms with Gasteiger partial charge in [-0.15, -0.1) is 0 Å². The molecule has 0 amide bonds. The predicted molar refractivity (Wildman–Crippen MR) is 88.6 cm³/mol. The van der Waals surface area contributed by atoms with Crippen LogP contribution in [0.15, 0.2) is 24.3 Å². The summed E-state index contributed by atoms with van der Waals surface area (Å²) in [5.41, 5.74) is -0.727. The van der Waals surface area contributed by atoms with Crippen LogP contribution in [-0.4, -0.2) is 48.5 Å². The van der Waals surface area contributed by atoms with E-state index < -0.39 is 45.2 Å². The van der Waals surface area contributed by atoms with Crippen LogP contribution in [0.3, 0.4) is 0 Å². The molecular weight excluding hydrogens is 443 g/mol. The van der Waals surface area contributed by atoms with Crippen LogP contribution >= 0.6 is 0 Å². The molecule has 168 valence electrons. The Morgan fingerprint density at radius 3 is 1.83 bits per heavy atom. The number of ether oxygens (including phenoxy) is 2. The molecule has 0 aliphatic heterocycles. The van der Waals surface area contributed by atoms with Crippen molar-refractivity contribution in [3.8, 4) is 0 Å². The van der Waals surface area contributed by atoms with Crippen molar-refractivity contribution in [2.75, 3.05) is 0 Å². The Morgan fingerprint density at radius 1 is 0.933 bits per heavy atom. The highest BCUT2D eigenvalue weighted by Gasteiger charge is 2.63. The Labute approximate surface area is 167 Å². The van der Waals surface area contributed by atoms with Gasteiger partial charge in [-0.3, -0.25) is 0 Å². The third-order valence-electron chi connectivity index (χ3n) is 4.34. The molecule has 1 aromatic rings. The monoisotopic (exact) mass is 459 g/mol. The number of halogens is 5. The second-order valence-electron chi connectivity index (χ2n) is 6.59. The summed E-state index contributed by atoms with van der Waals surface area (Å²) >= 11 is 0. The molecular formula is C17H16F5O7S-. The summed E-state index contributed by atoms with van der Waals surface area (Å²) < 4.78 is 106. The summed E-state index contributed by atoms with van der Waals surface area (Å²) in [6.45, 7) is 0. The van der Waals surface area contributed by atoms with Crippen molar-refractivity contribution in [3.63, 3.8) is 0 Å². The first kappa shape index (κ1) is 24.0. The van der Waals surface area contributed by atoms with Crippen molar-refractivity contribution in [3.05, 3.63) is 35.4 Å². The lowest BCUT2D eigenvalue weighted by Crippen LogP contribution is -2.52. The smallest absolute Gasteiger partial charge is 0.432 e. The molecule has 1 unspecified atom stereocenters. The lowest BCUT2D eigenvalue weighted by atomic mass is 9.98. The van der Waals surface area contributed by atoms with Gasteiger partial charge in [0.05, 0.1) is 11.1 Å². The molecule has 1 fully saturated rings. The van der Waals surface area contributed by atoms with E-state index in [9.17, 15) is 44.5 Å². The van der Waals surface area contributed by atoms with Crippen LogP contribution in [0.2, 0.25) is 0 Å². The molecule has 7 nitrogen and oxygen atoms in total. The van der Waals surface area contributed by atoms with Crippen molar-refractivity contribution in [2.24, 2.45) is 0 Å². The average molecular weight is 459 g/mol. The van der Waals surface area contributed by atoms with Gasteiger partial charge in [-0.25, -0.2) is 18.0 Å². The zero-order valence-electron chi connectivity index (χ0n) is 15.2. The van der Waals surface area contributed by atoms with Gasteiger partial charge in [0.15, 0.2) is 10.1 Å². The molecule has 0 spiro atoms. The third kappa shape index (κ3) is 5.65. The number of benzene rings is 1. The maximum atomic E-state index is 13.4. The van der Waals surface area contributed by atoms with Crippen molar-refractivity contribution in [2.45, 2.75) is 55.7 Å². The van der Waals surface area contributed by atoms with Crippen LogP contribution in [0, 0.1) is 0 Å². The first-order valence-corrected chi connectivity index (χ1v) is 10.1. The van der Waals surface area contributed by atoms with Crippen LogP contribution < -0.4 is 0 Å². The lowest BCUT2D eigenvalue weighted by Gasteiger charge is -2.29. The van der Waals surface area contributed by atoms with Crippen LogP contribution in [-0.2, 0) is 19.6 Å². The number of alkyl halides is 5. The van der Waals surface area contributed by atoms with E-state index in [2.05, 4.69) is 4.74 Å². The van der Waals surface area contributed by atoms with Gasteiger partial charge in [0.25, 0.3) is 6.10 Å². The standard InChI is InChI=1S/C17H17F5O7S/c18-16(19,20)15(17(21,22)30(25,26)27)29-14(24)11-8-6-10(7-9-11)13(23)28-12-4-2-1-3-5-12/h6-9,12,15H,1-5H2,(H,25,26,27)/p-1. The summed E-state index contributed by atoms with van der Waals surface area (Å²) in [4.78, 5) is 23.9.